The molecule has 0 fully saturated rings. The van der Waals surface area contributed by atoms with Crippen LogP contribution in [0.25, 0.3) is 0 Å². The molecule has 0 aliphatic carbocycles. The highest BCUT2D eigenvalue weighted by Gasteiger charge is 2.33. The van der Waals surface area contributed by atoms with Gasteiger partial charge in [-0.15, -0.1) is 0 Å². The second kappa shape index (κ2) is 8.73. The summed E-state index contributed by atoms with van der Waals surface area (Å²) in [5, 5.41) is 3.23. The monoisotopic (exact) mass is 385 g/mol. The van der Waals surface area contributed by atoms with Crippen molar-refractivity contribution in [2.24, 2.45) is 0 Å². The summed E-state index contributed by atoms with van der Waals surface area (Å²) >= 11 is 6.29. The van der Waals surface area contributed by atoms with E-state index in [1.807, 2.05) is 48.5 Å². The van der Waals surface area contributed by atoms with Gasteiger partial charge in [-0.1, -0.05) is 48.0 Å². The number of amides is 1. The minimum Gasteiger partial charge on any atom is -0.490 e. The number of hydrogen-bond acceptors (Lipinski definition) is 4. The molecule has 1 N–H and O–H groups in total. The maximum Gasteiger partial charge on any atom is 0.336 e. The summed E-state index contributed by atoms with van der Waals surface area (Å²) in [6, 6.07) is 16.5. The molecule has 3 rings (SSSR count). The minimum atomic E-state index is -0.478. The third kappa shape index (κ3) is 4.68. The van der Waals surface area contributed by atoms with Gasteiger partial charge in [0.15, 0.2) is 0 Å². The van der Waals surface area contributed by atoms with Gasteiger partial charge in [-0.2, -0.15) is 0 Å². The molecule has 2 aromatic carbocycles. The second-order valence-corrected chi connectivity index (χ2v) is 6.57. The van der Waals surface area contributed by atoms with Crippen molar-refractivity contribution in [2.45, 2.75) is 19.3 Å². The topological polar surface area (TPSA) is 64.6 Å². The molecule has 1 aliphatic rings. The van der Waals surface area contributed by atoms with Crippen LogP contribution in [-0.2, 0) is 14.3 Å². The number of rotatable bonds is 6. The Morgan fingerprint density at radius 2 is 1.81 bits per heavy atom. The zero-order valence-electron chi connectivity index (χ0n) is 14.9. The fourth-order valence-electron chi connectivity index (χ4n) is 3.08. The van der Waals surface area contributed by atoms with E-state index in [1.165, 1.54) is 0 Å². The summed E-state index contributed by atoms with van der Waals surface area (Å²) in [7, 11) is 0. The first-order valence-corrected chi connectivity index (χ1v) is 9.04. The Hall–Kier alpha value is -2.79. The summed E-state index contributed by atoms with van der Waals surface area (Å²) in [5.74, 6) is -0.353. The average molecular weight is 386 g/mol. The van der Waals surface area contributed by atoms with Gasteiger partial charge in [-0.05, 0) is 30.7 Å². The van der Waals surface area contributed by atoms with Gasteiger partial charge in [0.25, 0.3) is 0 Å². The van der Waals surface area contributed by atoms with E-state index >= 15 is 0 Å². The first-order chi connectivity index (χ1) is 13.1. The number of allylic oxidation sites excluding steroid dienone is 1. The van der Waals surface area contributed by atoms with Crippen LogP contribution in [0.1, 0.15) is 24.8 Å². The van der Waals surface area contributed by atoms with Crippen LogP contribution in [0.15, 0.2) is 65.9 Å². The van der Waals surface area contributed by atoms with Gasteiger partial charge in [-0.25, -0.2) is 4.79 Å². The van der Waals surface area contributed by atoms with Crippen LogP contribution in [0.3, 0.4) is 0 Å². The molecule has 1 heterocycles. The largest absolute Gasteiger partial charge is 0.490 e. The Labute approximate surface area is 162 Å². The van der Waals surface area contributed by atoms with Crippen LogP contribution in [0.5, 0.6) is 5.75 Å². The number of benzene rings is 2. The molecular formula is C21H20ClNO4. The lowest BCUT2D eigenvalue weighted by atomic mass is 9.84. The SMILES string of the molecule is CC1=C(C(=O)OCCOc2ccccc2)[C@H](c2ccccc2Cl)CC(=O)N1. The standard InChI is InChI=1S/C21H20ClNO4/c1-14-20(21(25)27-12-11-26-15-7-3-2-4-8-15)17(13-19(24)23-14)16-9-5-6-10-18(16)22/h2-10,17H,11-13H2,1H3,(H,23,24)/t17-/m0/s1. The summed E-state index contributed by atoms with van der Waals surface area (Å²) in [4.78, 5) is 24.7. The van der Waals surface area contributed by atoms with Crippen LogP contribution in [0.4, 0.5) is 0 Å². The van der Waals surface area contributed by atoms with Crippen LogP contribution in [-0.4, -0.2) is 25.1 Å². The first kappa shape index (κ1) is 19.0. The normalized spacial score (nSPS) is 16.7. The highest BCUT2D eigenvalue weighted by molar-refractivity contribution is 6.31. The minimum absolute atomic E-state index is 0.105. The zero-order chi connectivity index (χ0) is 19.2. The van der Waals surface area contributed by atoms with Crippen molar-refractivity contribution in [2.75, 3.05) is 13.2 Å². The third-order valence-corrected chi connectivity index (χ3v) is 4.64. The summed E-state index contributed by atoms with van der Waals surface area (Å²) in [6.45, 7) is 2.04. The van der Waals surface area contributed by atoms with E-state index in [4.69, 9.17) is 21.1 Å². The van der Waals surface area contributed by atoms with E-state index in [-0.39, 0.29) is 25.5 Å². The molecule has 2 aromatic rings. The molecule has 1 amide bonds. The molecule has 0 unspecified atom stereocenters. The van der Waals surface area contributed by atoms with Crippen LogP contribution in [0.2, 0.25) is 5.02 Å². The molecule has 0 spiro atoms. The number of halogens is 1. The van der Waals surface area contributed by atoms with E-state index in [0.717, 1.165) is 5.56 Å². The van der Waals surface area contributed by atoms with E-state index in [0.29, 0.717) is 22.0 Å². The molecule has 5 nitrogen and oxygen atoms in total. The molecular weight excluding hydrogens is 366 g/mol. The average Bonchev–Trinajstić information content (AvgIpc) is 2.65. The predicted octanol–water partition coefficient (Wildman–Crippen LogP) is 3.84. The Morgan fingerprint density at radius 3 is 2.56 bits per heavy atom. The van der Waals surface area contributed by atoms with E-state index in [1.54, 1.807) is 13.0 Å². The van der Waals surface area contributed by atoms with Gasteiger partial charge in [-0.3, -0.25) is 4.79 Å². The summed E-state index contributed by atoms with van der Waals surface area (Å²) in [6.07, 6.45) is 0.145. The van der Waals surface area contributed by atoms with Crippen molar-refractivity contribution >= 4 is 23.5 Å². The van der Waals surface area contributed by atoms with E-state index in [2.05, 4.69) is 5.32 Å². The van der Waals surface area contributed by atoms with Crippen LogP contribution >= 0.6 is 11.6 Å². The summed E-state index contributed by atoms with van der Waals surface area (Å²) in [5.41, 5.74) is 1.65. The van der Waals surface area contributed by atoms with Gasteiger partial charge >= 0.3 is 5.97 Å². The van der Waals surface area contributed by atoms with E-state index in [9.17, 15) is 9.59 Å². The molecule has 0 radical (unpaired) electrons. The van der Waals surface area contributed by atoms with Crippen molar-refractivity contribution in [3.8, 4) is 5.75 Å². The Balaban J connectivity index is 1.69. The number of ether oxygens (including phenoxy) is 2. The van der Waals surface area contributed by atoms with Crippen LogP contribution < -0.4 is 10.1 Å². The van der Waals surface area contributed by atoms with Gasteiger partial charge in [0, 0.05) is 23.1 Å². The Morgan fingerprint density at radius 1 is 1.11 bits per heavy atom. The molecule has 140 valence electrons. The Kier molecular flexibility index (Phi) is 6.14. The highest BCUT2D eigenvalue weighted by Crippen LogP contribution is 2.36. The fourth-order valence-corrected chi connectivity index (χ4v) is 3.35. The van der Waals surface area contributed by atoms with Crippen molar-refractivity contribution in [3.05, 3.63) is 76.5 Å². The quantitative estimate of drug-likeness (QED) is 0.606. The lowest BCUT2D eigenvalue weighted by molar-refractivity contribution is -0.140. The molecule has 0 saturated carbocycles. The molecule has 0 saturated heterocycles. The van der Waals surface area contributed by atoms with Gasteiger partial charge in [0.2, 0.25) is 5.91 Å². The maximum absolute atomic E-state index is 12.7. The molecule has 6 heteroatoms. The molecule has 0 bridgehead atoms. The van der Waals surface area contributed by atoms with Crippen molar-refractivity contribution < 1.29 is 19.1 Å². The van der Waals surface area contributed by atoms with Gasteiger partial charge in [0.05, 0.1) is 5.57 Å². The smallest absolute Gasteiger partial charge is 0.336 e. The number of esters is 1. The maximum atomic E-state index is 12.7. The van der Waals surface area contributed by atoms with Crippen molar-refractivity contribution in [1.29, 1.82) is 0 Å². The van der Waals surface area contributed by atoms with Crippen molar-refractivity contribution in [3.63, 3.8) is 0 Å². The predicted molar refractivity (Wildman–Crippen MR) is 103 cm³/mol. The lowest BCUT2D eigenvalue weighted by Gasteiger charge is -2.27. The molecule has 1 aliphatic heterocycles. The zero-order valence-corrected chi connectivity index (χ0v) is 15.7. The molecule has 27 heavy (non-hydrogen) atoms. The number of carbonyl (C=O) groups excluding carboxylic acids is 2. The first-order valence-electron chi connectivity index (χ1n) is 8.66. The highest BCUT2D eigenvalue weighted by atomic mass is 35.5. The fraction of sp³-hybridized carbons (Fsp3) is 0.238. The number of nitrogens with one attached hydrogen (secondary N) is 1. The number of para-hydroxylation sites is 1. The lowest BCUT2D eigenvalue weighted by Crippen LogP contribution is -2.34. The third-order valence-electron chi connectivity index (χ3n) is 4.30. The second-order valence-electron chi connectivity index (χ2n) is 6.16. The van der Waals surface area contributed by atoms with Crippen molar-refractivity contribution in [1.82, 2.24) is 5.32 Å². The number of carbonyl (C=O) groups is 2. The van der Waals surface area contributed by atoms with Gasteiger partial charge < -0.3 is 14.8 Å². The van der Waals surface area contributed by atoms with Gasteiger partial charge in [0.1, 0.15) is 19.0 Å². The molecule has 0 aromatic heterocycles. The van der Waals surface area contributed by atoms with Crippen LogP contribution in [0, 0.1) is 0 Å². The molecule has 1 atom stereocenters. The Bertz CT molecular complexity index is 863. The number of hydrogen-bond donors (Lipinski definition) is 1. The summed E-state index contributed by atoms with van der Waals surface area (Å²) < 4.78 is 10.9. The van der Waals surface area contributed by atoms with E-state index < -0.39 is 11.9 Å².